The third-order valence-corrected chi connectivity index (χ3v) is 3.12. The van der Waals surface area contributed by atoms with Gasteiger partial charge < -0.3 is 19.3 Å². The predicted molar refractivity (Wildman–Crippen MR) is 80.3 cm³/mol. The van der Waals surface area contributed by atoms with E-state index in [9.17, 15) is 5.11 Å². The van der Waals surface area contributed by atoms with Crippen molar-refractivity contribution in [2.24, 2.45) is 0 Å². The van der Waals surface area contributed by atoms with E-state index < -0.39 is 6.48 Å². The normalized spacial score (nSPS) is 12.0. The van der Waals surface area contributed by atoms with Gasteiger partial charge in [-0.15, -0.1) is 0 Å². The summed E-state index contributed by atoms with van der Waals surface area (Å²) in [6, 6.07) is 13.4. The van der Waals surface area contributed by atoms with Crippen molar-refractivity contribution in [3.63, 3.8) is 0 Å². The van der Waals surface area contributed by atoms with E-state index in [4.69, 9.17) is 14.2 Å². The van der Waals surface area contributed by atoms with Gasteiger partial charge in [0.15, 0.2) is 0 Å². The van der Waals surface area contributed by atoms with Crippen LogP contribution in [0.4, 0.5) is 0 Å². The Morgan fingerprint density at radius 1 is 1.05 bits per heavy atom. The van der Waals surface area contributed by atoms with E-state index >= 15 is 0 Å². The molecule has 0 fully saturated rings. The van der Waals surface area contributed by atoms with Crippen LogP contribution in [-0.2, 0) is 11.3 Å². The van der Waals surface area contributed by atoms with Crippen molar-refractivity contribution in [2.45, 2.75) is 26.9 Å². The maximum Gasteiger partial charge on any atom is 0.313 e. The minimum absolute atomic E-state index is 0.358. The third kappa shape index (κ3) is 4.21. The summed E-state index contributed by atoms with van der Waals surface area (Å²) >= 11 is 0. The number of aryl methyl sites for hydroxylation is 2. The summed E-state index contributed by atoms with van der Waals surface area (Å²) in [5.74, 6) is 1.37. The molecule has 0 aromatic heterocycles. The zero-order chi connectivity index (χ0) is 15.2. The van der Waals surface area contributed by atoms with Crippen LogP contribution in [0.3, 0.4) is 0 Å². The number of hydrogen-bond donors (Lipinski definition) is 1. The van der Waals surface area contributed by atoms with E-state index in [0.29, 0.717) is 12.4 Å². The van der Waals surface area contributed by atoms with Gasteiger partial charge in [-0.05, 0) is 31.5 Å². The Hall–Kier alpha value is -2.04. The Labute approximate surface area is 124 Å². The first kappa shape index (κ1) is 15.4. The van der Waals surface area contributed by atoms with E-state index in [0.717, 1.165) is 16.9 Å². The maximum atomic E-state index is 9.41. The molecule has 0 aliphatic rings. The number of rotatable bonds is 6. The van der Waals surface area contributed by atoms with Crippen LogP contribution < -0.4 is 9.47 Å². The van der Waals surface area contributed by atoms with Crippen molar-refractivity contribution in [3.05, 3.63) is 59.2 Å². The van der Waals surface area contributed by atoms with Crippen LogP contribution in [0.25, 0.3) is 0 Å². The zero-order valence-electron chi connectivity index (χ0n) is 12.5. The first-order chi connectivity index (χ1) is 10.1. The molecule has 0 spiro atoms. The Morgan fingerprint density at radius 3 is 2.52 bits per heavy atom. The number of para-hydroxylation sites is 1. The van der Waals surface area contributed by atoms with Crippen LogP contribution in [0.15, 0.2) is 42.5 Å². The van der Waals surface area contributed by atoms with Gasteiger partial charge in [0.2, 0.25) is 0 Å². The zero-order valence-corrected chi connectivity index (χ0v) is 12.5. The van der Waals surface area contributed by atoms with Gasteiger partial charge in [-0.3, -0.25) is 0 Å². The second-order valence-corrected chi connectivity index (χ2v) is 4.83. The van der Waals surface area contributed by atoms with Gasteiger partial charge in [-0.25, -0.2) is 0 Å². The minimum atomic E-state index is -1.28. The van der Waals surface area contributed by atoms with Gasteiger partial charge in [0.1, 0.15) is 18.1 Å². The summed E-state index contributed by atoms with van der Waals surface area (Å²) in [5, 5.41) is 9.41. The van der Waals surface area contributed by atoms with E-state index in [1.807, 2.05) is 44.2 Å². The molecular weight excluding hydrogens is 268 g/mol. The summed E-state index contributed by atoms with van der Waals surface area (Å²) in [6.07, 6.45) is 0. The van der Waals surface area contributed by atoms with Crippen LogP contribution >= 0.6 is 0 Å². The third-order valence-electron chi connectivity index (χ3n) is 3.12. The molecule has 0 aliphatic carbocycles. The predicted octanol–water partition coefficient (Wildman–Crippen LogP) is 3.18. The molecule has 1 N–H and O–H groups in total. The highest BCUT2D eigenvalue weighted by Crippen LogP contribution is 2.24. The summed E-state index contributed by atoms with van der Waals surface area (Å²) in [4.78, 5) is 0. The first-order valence-corrected chi connectivity index (χ1v) is 6.75. The van der Waals surface area contributed by atoms with E-state index in [1.54, 1.807) is 6.07 Å². The summed E-state index contributed by atoms with van der Waals surface area (Å²) in [7, 11) is 1.37. The monoisotopic (exact) mass is 288 g/mol. The number of methoxy groups -OCH3 is 1. The minimum Gasteiger partial charge on any atom is -0.488 e. The highest BCUT2D eigenvalue weighted by molar-refractivity contribution is 5.37. The molecule has 0 saturated heterocycles. The lowest BCUT2D eigenvalue weighted by Crippen LogP contribution is -2.18. The number of hydrogen-bond acceptors (Lipinski definition) is 4. The van der Waals surface area contributed by atoms with Crippen molar-refractivity contribution in [3.8, 4) is 11.5 Å². The standard InChI is InChI=1S/C17H20O4/c1-12-8-9-15(13(2)10-12)20-11-14-6-4-5-7-16(14)21-17(18)19-3/h4-10,17-18H,11H2,1-3H3. The lowest BCUT2D eigenvalue weighted by Gasteiger charge is -2.16. The second kappa shape index (κ2) is 7.11. The van der Waals surface area contributed by atoms with Crippen molar-refractivity contribution >= 4 is 0 Å². The van der Waals surface area contributed by atoms with Gasteiger partial charge in [0, 0.05) is 12.7 Å². The molecule has 4 heteroatoms. The molecule has 4 nitrogen and oxygen atoms in total. The van der Waals surface area contributed by atoms with Gasteiger partial charge in [0.25, 0.3) is 0 Å². The topological polar surface area (TPSA) is 47.9 Å². The van der Waals surface area contributed by atoms with Gasteiger partial charge in [-0.1, -0.05) is 35.9 Å². The SMILES string of the molecule is COC(O)Oc1ccccc1COc1ccc(C)cc1C. The molecule has 0 bridgehead atoms. The molecule has 112 valence electrons. The molecule has 0 aliphatic heterocycles. The van der Waals surface area contributed by atoms with Crippen molar-refractivity contribution < 1.29 is 19.3 Å². The molecule has 0 radical (unpaired) electrons. The fourth-order valence-electron chi connectivity index (χ4n) is 2.01. The number of benzene rings is 2. The Kier molecular flexibility index (Phi) is 5.20. The summed E-state index contributed by atoms with van der Waals surface area (Å²) in [5.41, 5.74) is 3.13. The molecule has 0 heterocycles. The van der Waals surface area contributed by atoms with Crippen LogP contribution in [-0.4, -0.2) is 18.7 Å². The molecule has 21 heavy (non-hydrogen) atoms. The first-order valence-electron chi connectivity index (χ1n) is 6.75. The molecule has 1 unspecified atom stereocenters. The van der Waals surface area contributed by atoms with Crippen molar-refractivity contribution in [2.75, 3.05) is 7.11 Å². The summed E-state index contributed by atoms with van der Waals surface area (Å²) in [6.45, 7) is 3.13. The highest BCUT2D eigenvalue weighted by atomic mass is 16.8. The average molecular weight is 288 g/mol. The Bertz CT molecular complexity index is 595. The second-order valence-electron chi connectivity index (χ2n) is 4.83. The fraction of sp³-hybridized carbons (Fsp3) is 0.294. The molecule has 1 atom stereocenters. The Morgan fingerprint density at radius 2 is 1.81 bits per heavy atom. The van der Waals surface area contributed by atoms with Crippen LogP contribution in [0.2, 0.25) is 0 Å². The van der Waals surface area contributed by atoms with Gasteiger partial charge in [-0.2, -0.15) is 0 Å². The summed E-state index contributed by atoms with van der Waals surface area (Å²) < 4.78 is 15.8. The highest BCUT2D eigenvalue weighted by Gasteiger charge is 2.09. The Balaban J connectivity index is 2.09. The van der Waals surface area contributed by atoms with Crippen molar-refractivity contribution in [1.82, 2.24) is 0 Å². The van der Waals surface area contributed by atoms with E-state index in [1.165, 1.54) is 12.7 Å². The molecule has 0 saturated carbocycles. The molecule has 2 aromatic carbocycles. The van der Waals surface area contributed by atoms with Gasteiger partial charge in [0.05, 0.1) is 0 Å². The molecule has 2 rings (SSSR count). The number of aliphatic hydroxyl groups excluding tert-OH is 1. The van der Waals surface area contributed by atoms with E-state index in [2.05, 4.69) is 6.07 Å². The fourth-order valence-corrected chi connectivity index (χ4v) is 2.01. The lowest BCUT2D eigenvalue weighted by atomic mass is 10.1. The smallest absolute Gasteiger partial charge is 0.313 e. The molecule has 2 aromatic rings. The van der Waals surface area contributed by atoms with Gasteiger partial charge >= 0.3 is 6.48 Å². The van der Waals surface area contributed by atoms with Crippen molar-refractivity contribution in [1.29, 1.82) is 0 Å². The quantitative estimate of drug-likeness (QED) is 0.829. The molecule has 0 amide bonds. The largest absolute Gasteiger partial charge is 0.488 e. The number of ether oxygens (including phenoxy) is 3. The lowest BCUT2D eigenvalue weighted by molar-refractivity contribution is -0.200. The van der Waals surface area contributed by atoms with Crippen LogP contribution in [0, 0.1) is 13.8 Å². The van der Waals surface area contributed by atoms with Crippen LogP contribution in [0.5, 0.6) is 11.5 Å². The molecular formula is C17H20O4. The average Bonchev–Trinajstić information content (AvgIpc) is 2.47. The van der Waals surface area contributed by atoms with E-state index in [-0.39, 0.29) is 0 Å². The maximum absolute atomic E-state index is 9.41. The number of aliphatic hydroxyl groups is 1. The van der Waals surface area contributed by atoms with Crippen LogP contribution in [0.1, 0.15) is 16.7 Å².